The van der Waals surface area contributed by atoms with Crippen LogP contribution in [0.2, 0.25) is 0 Å². The van der Waals surface area contributed by atoms with Crippen molar-refractivity contribution < 1.29 is 9.59 Å². The minimum Gasteiger partial charge on any atom is -0.350 e. The molecule has 0 fully saturated rings. The molecule has 2 rings (SSSR count). The molecule has 0 spiro atoms. The highest BCUT2D eigenvalue weighted by Gasteiger charge is 2.07. The molecule has 0 bridgehead atoms. The number of amides is 2. The van der Waals surface area contributed by atoms with E-state index in [4.69, 9.17) is 0 Å². The third kappa shape index (κ3) is 4.78. The third-order valence-corrected chi connectivity index (χ3v) is 3.25. The second kappa shape index (κ2) is 7.67. The van der Waals surface area contributed by atoms with Gasteiger partial charge in [0.15, 0.2) is 0 Å². The number of nitrogens with zero attached hydrogens (tertiary/aromatic N) is 2. The molecule has 1 aromatic heterocycles. The molecule has 0 atom stereocenters. The van der Waals surface area contributed by atoms with Crippen LogP contribution in [0.4, 0.5) is 0 Å². The van der Waals surface area contributed by atoms with Crippen molar-refractivity contribution in [3.05, 3.63) is 57.7 Å². The van der Waals surface area contributed by atoms with Gasteiger partial charge in [-0.3, -0.25) is 14.6 Å². The molecule has 0 saturated carbocycles. The van der Waals surface area contributed by atoms with Crippen LogP contribution in [0.3, 0.4) is 0 Å². The quantitative estimate of drug-likeness (QED) is 0.589. The first-order valence-electron chi connectivity index (χ1n) is 6.25. The van der Waals surface area contributed by atoms with E-state index in [1.807, 2.05) is 12.1 Å². The topological polar surface area (TPSA) is 84.0 Å². The average Bonchev–Trinajstić information content (AvgIpc) is 2.52. The largest absolute Gasteiger partial charge is 0.350 e. The van der Waals surface area contributed by atoms with Gasteiger partial charge in [-0.05, 0) is 40.8 Å². The summed E-state index contributed by atoms with van der Waals surface area (Å²) in [6.45, 7) is 0.668. The zero-order valence-electron chi connectivity index (χ0n) is 11.0. The van der Waals surface area contributed by atoms with Crippen molar-refractivity contribution in [3.63, 3.8) is 0 Å². The highest BCUT2D eigenvalue weighted by Crippen LogP contribution is 2.07. The summed E-state index contributed by atoms with van der Waals surface area (Å²) >= 11 is 2.15. The van der Waals surface area contributed by atoms with Gasteiger partial charge in [0.05, 0.1) is 6.20 Å². The summed E-state index contributed by atoms with van der Waals surface area (Å²) < 4.78 is 0.996. The molecule has 1 aromatic carbocycles. The van der Waals surface area contributed by atoms with E-state index in [1.54, 1.807) is 12.1 Å². The van der Waals surface area contributed by atoms with Crippen molar-refractivity contribution in [2.45, 2.75) is 0 Å². The van der Waals surface area contributed by atoms with Crippen LogP contribution >= 0.6 is 22.6 Å². The first kappa shape index (κ1) is 15.4. The molecule has 1 heterocycles. The van der Waals surface area contributed by atoms with Crippen LogP contribution < -0.4 is 10.6 Å². The van der Waals surface area contributed by atoms with E-state index in [-0.39, 0.29) is 17.5 Å². The lowest BCUT2D eigenvalue weighted by molar-refractivity contribution is 0.0925. The van der Waals surface area contributed by atoms with Crippen molar-refractivity contribution in [1.29, 1.82) is 0 Å². The number of halogens is 1. The van der Waals surface area contributed by atoms with Crippen LogP contribution in [0.15, 0.2) is 42.9 Å². The zero-order valence-corrected chi connectivity index (χ0v) is 13.2. The number of nitrogens with one attached hydrogen (secondary N) is 2. The maximum Gasteiger partial charge on any atom is 0.271 e. The van der Waals surface area contributed by atoms with Crippen molar-refractivity contribution in [2.75, 3.05) is 13.1 Å². The Hall–Kier alpha value is -2.03. The Labute approximate surface area is 135 Å². The number of carbonyl (C=O) groups is 2. The Balaban J connectivity index is 1.75. The molecule has 0 aliphatic rings. The maximum absolute atomic E-state index is 11.9. The minimum atomic E-state index is -0.313. The van der Waals surface area contributed by atoms with Crippen molar-refractivity contribution >= 4 is 34.4 Å². The molecule has 7 heteroatoms. The van der Waals surface area contributed by atoms with Gasteiger partial charge in [-0.1, -0.05) is 6.07 Å². The van der Waals surface area contributed by atoms with Crippen molar-refractivity contribution in [3.8, 4) is 0 Å². The third-order valence-electron chi connectivity index (χ3n) is 2.58. The first-order valence-corrected chi connectivity index (χ1v) is 7.32. The molecule has 0 unspecified atom stereocenters. The molecule has 6 nitrogen and oxygen atoms in total. The second-order valence-corrected chi connectivity index (χ2v) is 5.36. The lowest BCUT2D eigenvalue weighted by atomic mass is 10.2. The fourth-order valence-electron chi connectivity index (χ4n) is 1.59. The number of hydrogen-bond donors (Lipinski definition) is 2. The predicted molar refractivity (Wildman–Crippen MR) is 85.9 cm³/mol. The summed E-state index contributed by atoms with van der Waals surface area (Å²) in [6.07, 6.45) is 4.34. The van der Waals surface area contributed by atoms with Crippen LogP contribution in [0.5, 0.6) is 0 Å². The summed E-state index contributed by atoms with van der Waals surface area (Å²) in [4.78, 5) is 31.2. The van der Waals surface area contributed by atoms with E-state index in [9.17, 15) is 9.59 Å². The van der Waals surface area contributed by atoms with E-state index in [0.717, 1.165) is 3.57 Å². The fourth-order valence-corrected chi connectivity index (χ4v) is 2.13. The lowest BCUT2D eigenvalue weighted by Crippen LogP contribution is -2.35. The number of hydrogen-bond acceptors (Lipinski definition) is 4. The Morgan fingerprint density at radius 2 is 1.86 bits per heavy atom. The predicted octanol–water partition coefficient (Wildman–Crippen LogP) is 1.24. The van der Waals surface area contributed by atoms with Crippen LogP contribution in [-0.2, 0) is 0 Å². The fraction of sp³-hybridized carbons (Fsp3) is 0.143. The van der Waals surface area contributed by atoms with E-state index in [2.05, 4.69) is 43.2 Å². The van der Waals surface area contributed by atoms with Crippen molar-refractivity contribution in [1.82, 2.24) is 20.6 Å². The van der Waals surface area contributed by atoms with Crippen LogP contribution in [-0.4, -0.2) is 34.9 Å². The molecule has 0 saturated heterocycles. The van der Waals surface area contributed by atoms with Gasteiger partial charge in [0, 0.05) is 34.6 Å². The summed E-state index contributed by atoms with van der Waals surface area (Å²) in [6, 6.07) is 7.29. The van der Waals surface area contributed by atoms with Gasteiger partial charge in [-0.15, -0.1) is 0 Å². The lowest BCUT2D eigenvalue weighted by Gasteiger charge is -2.07. The van der Waals surface area contributed by atoms with Gasteiger partial charge < -0.3 is 10.6 Å². The molecule has 2 N–H and O–H groups in total. The standard InChI is InChI=1S/C14H13IN4O2/c15-11-3-1-2-10(8-11)13(20)18-6-7-19-14(21)12-9-16-4-5-17-12/h1-5,8-9H,6-7H2,(H,18,20)(H,19,21). The van der Waals surface area contributed by atoms with Gasteiger partial charge in [0.2, 0.25) is 0 Å². The molecule has 108 valence electrons. The molecular weight excluding hydrogens is 383 g/mol. The van der Waals surface area contributed by atoms with Gasteiger partial charge in [0.25, 0.3) is 11.8 Å². The Morgan fingerprint density at radius 1 is 1.10 bits per heavy atom. The van der Waals surface area contributed by atoms with Crippen LogP contribution in [0.25, 0.3) is 0 Å². The van der Waals surface area contributed by atoms with Crippen LogP contribution in [0.1, 0.15) is 20.8 Å². The molecular formula is C14H13IN4O2. The van der Waals surface area contributed by atoms with E-state index >= 15 is 0 Å². The molecule has 21 heavy (non-hydrogen) atoms. The van der Waals surface area contributed by atoms with Gasteiger partial charge >= 0.3 is 0 Å². The number of benzene rings is 1. The van der Waals surface area contributed by atoms with Gasteiger partial charge in [-0.2, -0.15) is 0 Å². The first-order chi connectivity index (χ1) is 10.2. The molecule has 0 aliphatic carbocycles. The second-order valence-electron chi connectivity index (χ2n) is 4.11. The van der Waals surface area contributed by atoms with E-state index < -0.39 is 0 Å². The van der Waals surface area contributed by atoms with E-state index in [1.165, 1.54) is 18.6 Å². The monoisotopic (exact) mass is 396 g/mol. The smallest absolute Gasteiger partial charge is 0.271 e. The molecule has 2 aromatic rings. The molecule has 0 aliphatic heterocycles. The molecule has 0 radical (unpaired) electrons. The Bertz CT molecular complexity index is 634. The zero-order chi connectivity index (χ0) is 15.1. The van der Waals surface area contributed by atoms with E-state index in [0.29, 0.717) is 18.7 Å². The number of rotatable bonds is 5. The highest BCUT2D eigenvalue weighted by atomic mass is 127. The van der Waals surface area contributed by atoms with Crippen LogP contribution in [0, 0.1) is 3.57 Å². The normalized spacial score (nSPS) is 9.95. The Morgan fingerprint density at radius 3 is 2.52 bits per heavy atom. The SMILES string of the molecule is O=C(NCCNC(=O)c1cnccn1)c1cccc(I)c1. The number of aromatic nitrogens is 2. The maximum atomic E-state index is 11.9. The van der Waals surface area contributed by atoms with Gasteiger partial charge in [-0.25, -0.2) is 4.98 Å². The van der Waals surface area contributed by atoms with Gasteiger partial charge in [0.1, 0.15) is 5.69 Å². The minimum absolute atomic E-state index is 0.165. The average molecular weight is 396 g/mol. The summed E-state index contributed by atoms with van der Waals surface area (Å²) in [7, 11) is 0. The number of carbonyl (C=O) groups excluding carboxylic acids is 2. The summed E-state index contributed by atoms with van der Waals surface area (Å²) in [5, 5.41) is 5.40. The highest BCUT2D eigenvalue weighted by molar-refractivity contribution is 14.1. The summed E-state index contributed by atoms with van der Waals surface area (Å²) in [5.74, 6) is -0.478. The Kier molecular flexibility index (Phi) is 5.61. The van der Waals surface area contributed by atoms with Crippen molar-refractivity contribution in [2.24, 2.45) is 0 Å². The summed E-state index contributed by atoms with van der Waals surface area (Å²) in [5.41, 5.74) is 0.851. The molecule has 2 amide bonds.